The van der Waals surface area contributed by atoms with E-state index >= 15 is 0 Å². The molecule has 0 heterocycles. The number of hydrogen-bond acceptors (Lipinski definition) is 5. The van der Waals surface area contributed by atoms with Crippen molar-refractivity contribution in [2.75, 3.05) is 74.6 Å². The predicted octanol–water partition coefficient (Wildman–Crippen LogP) is 3.75. The maximum absolute atomic E-state index is 6.08. The van der Waals surface area contributed by atoms with Crippen LogP contribution in [0.5, 0.6) is 0 Å². The van der Waals surface area contributed by atoms with Crippen molar-refractivity contribution in [2.45, 2.75) is 59.0 Å². The van der Waals surface area contributed by atoms with E-state index in [1.807, 2.05) is 14.2 Å². The van der Waals surface area contributed by atoms with Gasteiger partial charge in [-0.3, -0.25) is 0 Å². The molecule has 0 aromatic rings. The van der Waals surface area contributed by atoms with Crippen LogP contribution in [0.1, 0.15) is 47.0 Å². The van der Waals surface area contributed by atoms with Crippen molar-refractivity contribution in [1.29, 1.82) is 0 Å². The summed E-state index contributed by atoms with van der Waals surface area (Å²) in [5, 5.41) is 0. The summed E-state index contributed by atoms with van der Waals surface area (Å²) in [4.78, 5) is 7.54. The molecule has 0 aromatic heterocycles. The van der Waals surface area contributed by atoms with E-state index in [4.69, 9.17) is 8.85 Å². The summed E-state index contributed by atoms with van der Waals surface area (Å²) in [6.45, 7) is 15.7. The molecule has 0 saturated heterocycles. The van der Waals surface area contributed by atoms with Crippen molar-refractivity contribution in [2.24, 2.45) is 5.41 Å². The van der Waals surface area contributed by atoms with Crippen molar-refractivity contribution < 1.29 is 8.85 Å². The second kappa shape index (κ2) is 14.1. The van der Waals surface area contributed by atoms with Gasteiger partial charge >= 0.3 is 8.56 Å². The molecule has 0 fully saturated rings. The second-order valence-corrected chi connectivity index (χ2v) is 12.3. The zero-order valence-corrected chi connectivity index (χ0v) is 20.9. The molecule has 0 spiro atoms. The van der Waals surface area contributed by atoms with Gasteiger partial charge in [0.05, 0.1) is 0 Å². The summed E-state index contributed by atoms with van der Waals surface area (Å²) in [6.07, 6.45) is 3.56. The Morgan fingerprint density at radius 2 is 1.00 bits per heavy atom. The first kappa shape index (κ1) is 27.0. The van der Waals surface area contributed by atoms with Gasteiger partial charge in [0.2, 0.25) is 0 Å². The molecule has 0 saturated carbocycles. The minimum atomic E-state index is -2.20. The van der Waals surface area contributed by atoms with Crippen molar-refractivity contribution in [3.8, 4) is 0 Å². The van der Waals surface area contributed by atoms with E-state index in [9.17, 15) is 0 Å². The van der Waals surface area contributed by atoms with Gasteiger partial charge in [0.25, 0.3) is 0 Å². The number of hydrogen-bond donors (Lipinski definition) is 0. The van der Waals surface area contributed by atoms with Crippen LogP contribution < -0.4 is 0 Å². The van der Waals surface area contributed by atoms with Crippen molar-refractivity contribution in [3.05, 3.63) is 0 Å². The van der Waals surface area contributed by atoms with E-state index in [2.05, 4.69) is 63.5 Å². The molecule has 0 aromatic carbocycles. The lowest BCUT2D eigenvalue weighted by atomic mass is 9.87. The second-order valence-electron chi connectivity index (χ2n) is 8.56. The molecule has 0 rings (SSSR count). The van der Waals surface area contributed by atoms with E-state index in [1.165, 1.54) is 19.3 Å². The molecule has 0 aliphatic carbocycles. The largest absolute Gasteiger partial charge is 0.398 e. The van der Waals surface area contributed by atoms with E-state index in [0.717, 1.165) is 51.4 Å². The van der Waals surface area contributed by atoms with Crippen LogP contribution in [0, 0.1) is 5.41 Å². The molecule has 0 unspecified atom stereocenters. The molecule has 6 heteroatoms. The molecule has 0 radical (unpaired) electrons. The van der Waals surface area contributed by atoms with Crippen LogP contribution in [0.25, 0.3) is 0 Å². The topological polar surface area (TPSA) is 28.2 Å². The quantitative estimate of drug-likeness (QED) is 0.345. The third-order valence-electron chi connectivity index (χ3n) is 5.56. The lowest BCUT2D eigenvalue weighted by Crippen LogP contribution is -2.56. The van der Waals surface area contributed by atoms with Crippen LogP contribution in [0.4, 0.5) is 0 Å². The fourth-order valence-electron chi connectivity index (χ4n) is 4.63. The van der Waals surface area contributed by atoms with Gasteiger partial charge in [0.15, 0.2) is 0 Å². The zero-order valence-electron chi connectivity index (χ0n) is 19.9. The average Bonchev–Trinajstić information content (AvgIpc) is 2.60. The summed E-state index contributed by atoms with van der Waals surface area (Å²) < 4.78 is 12.2. The van der Waals surface area contributed by atoms with Gasteiger partial charge in [-0.15, -0.1) is 0 Å². The first-order valence-electron chi connectivity index (χ1n) is 10.9. The summed E-state index contributed by atoms with van der Waals surface area (Å²) in [5.41, 5.74) is 0.145. The van der Waals surface area contributed by atoms with Crippen LogP contribution >= 0.6 is 0 Å². The summed E-state index contributed by atoms with van der Waals surface area (Å²) in [5.74, 6) is 0. The van der Waals surface area contributed by atoms with E-state index in [0.29, 0.717) is 0 Å². The Labute approximate surface area is 171 Å². The Kier molecular flexibility index (Phi) is 14.1. The zero-order chi connectivity index (χ0) is 20.9. The SMILES string of the molecule is CCCN(C)CC(CN(C)CCC)(CN(C)CCC)C[Si](CC)(OC)OC. The third kappa shape index (κ3) is 9.86. The summed E-state index contributed by atoms with van der Waals surface area (Å²) in [6, 6.07) is 2.04. The minimum absolute atomic E-state index is 0.145. The molecule has 164 valence electrons. The van der Waals surface area contributed by atoms with Crippen molar-refractivity contribution in [1.82, 2.24) is 14.7 Å². The highest BCUT2D eigenvalue weighted by Gasteiger charge is 2.45. The Morgan fingerprint density at radius 1 is 0.667 bits per heavy atom. The average molecular weight is 404 g/mol. The molecule has 0 N–H and O–H groups in total. The molecule has 0 aliphatic heterocycles. The van der Waals surface area contributed by atoms with E-state index < -0.39 is 8.56 Å². The maximum Gasteiger partial charge on any atom is 0.338 e. The smallest absolute Gasteiger partial charge is 0.338 e. The van der Waals surface area contributed by atoms with E-state index in [-0.39, 0.29) is 5.41 Å². The van der Waals surface area contributed by atoms with Crippen molar-refractivity contribution >= 4 is 8.56 Å². The molecular weight excluding hydrogens is 354 g/mol. The van der Waals surface area contributed by atoms with Crippen LogP contribution in [0.15, 0.2) is 0 Å². The van der Waals surface area contributed by atoms with E-state index in [1.54, 1.807) is 0 Å². The van der Waals surface area contributed by atoms with Gasteiger partial charge in [-0.05, 0) is 66.1 Å². The highest BCUT2D eigenvalue weighted by Crippen LogP contribution is 2.35. The van der Waals surface area contributed by atoms with Crippen LogP contribution in [-0.2, 0) is 8.85 Å². The molecular formula is C21H49N3O2Si. The van der Waals surface area contributed by atoms with Gasteiger partial charge in [-0.25, -0.2) is 0 Å². The fraction of sp³-hybridized carbons (Fsp3) is 1.00. The minimum Gasteiger partial charge on any atom is -0.398 e. The lowest BCUT2D eigenvalue weighted by Gasteiger charge is -2.46. The Bertz CT molecular complexity index is 323. The highest BCUT2D eigenvalue weighted by molar-refractivity contribution is 6.67. The number of nitrogens with zero attached hydrogens (tertiary/aromatic N) is 3. The van der Waals surface area contributed by atoms with Crippen molar-refractivity contribution in [3.63, 3.8) is 0 Å². The maximum atomic E-state index is 6.08. The van der Waals surface area contributed by atoms with Crippen LogP contribution in [-0.4, -0.2) is 97.9 Å². The van der Waals surface area contributed by atoms with Gasteiger partial charge in [-0.1, -0.05) is 27.7 Å². The molecule has 0 bridgehead atoms. The summed E-state index contributed by atoms with van der Waals surface area (Å²) >= 11 is 0. The predicted molar refractivity (Wildman–Crippen MR) is 121 cm³/mol. The molecule has 27 heavy (non-hydrogen) atoms. The first-order valence-corrected chi connectivity index (χ1v) is 13.1. The van der Waals surface area contributed by atoms with Gasteiger partial charge in [-0.2, -0.15) is 0 Å². The van der Waals surface area contributed by atoms with Gasteiger partial charge < -0.3 is 23.6 Å². The Balaban J connectivity index is 5.84. The number of rotatable bonds is 17. The van der Waals surface area contributed by atoms with Gasteiger partial charge in [0, 0.05) is 45.3 Å². The first-order chi connectivity index (χ1) is 12.8. The van der Waals surface area contributed by atoms with Crippen LogP contribution in [0.3, 0.4) is 0 Å². The highest BCUT2D eigenvalue weighted by atomic mass is 28.4. The molecule has 0 amide bonds. The standard InChI is InChI=1S/C21H49N3O2Si/c1-10-14-22(5)17-21(18-23(6)15-11-2,19-24(7)16-12-3)20-27(13-4,25-8)26-9/h10-20H2,1-9H3. The van der Waals surface area contributed by atoms with Gasteiger partial charge in [0.1, 0.15) is 0 Å². The fourth-order valence-corrected chi connectivity index (χ4v) is 7.39. The third-order valence-corrected chi connectivity index (χ3v) is 9.41. The normalized spacial score (nSPS) is 13.3. The molecule has 5 nitrogen and oxygen atoms in total. The molecule has 0 atom stereocenters. The Hall–Kier alpha value is 0.0169. The monoisotopic (exact) mass is 403 g/mol. The summed E-state index contributed by atoms with van der Waals surface area (Å²) in [7, 11) is 8.31. The molecule has 0 aliphatic rings. The lowest BCUT2D eigenvalue weighted by molar-refractivity contribution is 0.0811. The van der Waals surface area contributed by atoms with Crippen LogP contribution in [0.2, 0.25) is 12.1 Å². The Morgan fingerprint density at radius 3 is 1.22 bits per heavy atom.